The van der Waals surface area contributed by atoms with E-state index in [1.165, 1.54) is 29.2 Å². The van der Waals surface area contributed by atoms with Crippen LogP contribution in [0.2, 0.25) is 0 Å². The molecule has 0 atom stereocenters. The smallest absolute Gasteiger partial charge is 0.269 e. The number of amides is 1. The van der Waals surface area contributed by atoms with Crippen molar-refractivity contribution >= 4 is 23.2 Å². The van der Waals surface area contributed by atoms with Crippen LogP contribution in [0.25, 0.3) is 0 Å². The number of likely N-dealkylation sites (N-methyl/N-ethyl adjacent to an activating group) is 1. The van der Waals surface area contributed by atoms with Crippen LogP contribution in [-0.2, 0) is 0 Å². The Morgan fingerprint density at radius 2 is 1.89 bits per heavy atom. The minimum Gasteiger partial charge on any atom is -0.356 e. The summed E-state index contributed by atoms with van der Waals surface area (Å²) in [6, 6.07) is 5.26. The third-order valence-corrected chi connectivity index (χ3v) is 2.55. The molecule has 0 spiro atoms. The van der Waals surface area contributed by atoms with Gasteiger partial charge in [-0.05, 0) is 36.5 Å². The number of quaternary nitrogens is 1. The lowest BCUT2D eigenvalue weighted by Crippen LogP contribution is -3.06. The van der Waals surface area contributed by atoms with Crippen molar-refractivity contribution in [2.45, 2.75) is 0 Å². The number of hydrazine groups is 1. The van der Waals surface area contributed by atoms with Gasteiger partial charge < -0.3 is 10.2 Å². The van der Waals surface area contributed by atoms with Crippen molar-refractivity contribution in [3.8, 4) is 0 Å². The van der Waals surface area contributed by atoms with E-state index < -0.39 is 0 Å². The highest BCUT2D eigenvalue weighted by Gasteiger charge is 2.05. The molecule has 0 aliphatic heterocycles. The fourth-order valence-electron chi connectivity index (χ4n) is 1.26. The molecule has 0 bridgehead atoms. The Bertz CT molecular complexity index is 436. The van der Waals surface area contributed by atoms with Crippen molar-refractivity contribution in [3.05, 3.63) is 35.6 Å². The molecule has 0 radical (unpaired) electrons. The highest BCUT2D eigenvalue weighted by atomic mass is 32.1. The van der Waals surface area contributed by atoms with Gasteiger partial charge in [0, 0.05) is 5.56 Å². The highest BCUT2D eigenvalue weighted by molar-refractivity contribution is 7.80. The van der Waals surface area contributed by atoms with Gasteiger partial charge in [0.25, 0.3) is 5.91 Å². The number of hydrogen-bond donors (Lipinski definition) is 4. The SMILES string of the molecule is C[NH+](C)CCNC(=S)NNC(=O)c1ccc(F)cc1. The zero-order chi connectivity index (χ0) is 14.3. The van der Waals surface area contributed by atoms with Gasteiger partial charge in [-0.2, -0.15) is 0 Å². The number of benzene rings is 1. The van der Waals surface area contributed by atoms with Crippen LogP contribution in [0, 0.1) is 5.82 Å². The number of carbonyl (C=O) groups excluding carboxylic acids is 1. The molecule has 1 amide bonds. The summed E-state index contributed by atoms with van der Waals surface area (Å²) in [6.45, 7) is 1.62. The molecular weight excluding hydrogens is 267 g/mol. The molecule has 0 fully saturated rings. The summed E-state index contributed by atoms with van der Waals surface area (Å²) >= 11 is 4.99. The predicted molar refractivity (Wildman–Crippen MR) is 75.3 cm³/mol. The van der Waals surface area contributed by atoms with E-state index in [4.69, 9.17) is 12.2 Å². The van der Waals surface area contributed by atoms with Crippen molar-refractivity contribution in [2.75, 3.05) is 27.2 Å². The zero-order valence-corrected chi connectivity index (χ0v) is 11.7. The second-order valence-electron chi connectivity index (χ2n) is 4.30. The molecule has 5 nitrogen and oxygen atoms in total. The number of hydrogen-bond acceptors (Lipinski definition) is 2. The molecule has 19 heavy (non-hydrogen) atoms. The van der Waals surface area contributed by atoms with Gasteiger partial charge in [-0.25, -0.2) is 4.39 Å². The standard InChI is InChI=1S/C12H17FN4OS/c1-17(2)8-7-14-12(19)16-15-11(18)9-3-5-10(13)6-4-9/h3-6H,7-8H2,1-2H3,(H,15,18)(H2,14,16,19)/p+1. The first kappa shape index (κ1) is 15.3. The Morgan fingerprint density at radius 1 is 1.26 bits per heavy atom. The summed E-state index contributed by atoms with van der Waals surface area (Å²) in [5.74, 6) is -0.754. The Kier molecular flexibility index (Phi) is 6.17. The monoisotopic (exact) mass is 285 g/mol. The lowest BCUT2D eigenvalue weighted by molar-refractivity contribution is -0.856. The lowest BCUT2D eigenvalue weighted by Gasteiger charge is -2.12. The molecule has 0 aromatic heterocycles. The third kappa shape index (κ3) is 6.12. The van der Waals surface area contributed by atoms with Crippen LogP contribution >= 0.6 is 12.2 Å². The first-order chi connectivity index (χ1) is 8.99. The Labute approximate surface area is 117 Å². The second-order valence-corrected chi connectivity index (χ2v) is 4.71. The van der Waals surface area contributed by atoms with Crippen LogP contribution < -0.4 is 21.1 Å². The fraction of sp³-hybridized carbons (Fsp3) is 0.333. The van der Waals surface area contributed by atoms with E-state index in [1.807, 2.05) is 14.1 Å². The van der Waals surface area contributed by atoms with Crippen LogP contribution in [0.4, 0.5) is 4.39 Å². The van der Waals surface area contributed by atoms with Crippen LogP contribution in [0.1, 0.15) is 10.4 Å². The van der Waals surface area contributed by atoms with Crippen molar-refractivity contribution in [1.82, 2.24) is 16.2 Å². The minimum absolute atomic E-state index is 0.344. The predicted octanol–water partition coefficient (Wildman–Crippen LogP) is -0.921. The summed E-state index contributed by atoms with van der Waals surface area (Å²) in [6.07, 6.45) is 0. The summed E-state index contributed by atoms with van der Waals surface area (Å²) < 4.78 is 12.7. The molecule has 0 aliphatic rings. The maximum atomic E-state index is 12.7. The van der Waals surface area contributed by atoms with E-state index in [2.05, 4.69) is 16.2 Å². The number of halogens is 1. The van der Waals surface area contributed by atoms with Gasteiger partial charge in [-0.15, -0.1) is 0 Å². The van der Waals surface area contributed by atoms with Crippen molar-refractivity contribution in [3.63, 3.8) is 0 Å². The first-order valence-electron chi connectivity index (χ1n) is 5.88. The second kappa shape index (κ2) is 7.65. The molecule has 104 valence electrons. The quantitative estimate of drug-likeness (QED) is 0.427. The first-order valence-corrected chi connectivity index (χ1v) is 6.28. The third-order valence-electron chi connectivity index (χ3n) is 2.31. The lowest BCUT2D eigenvalue weighted by atomic mass is 10.2. The van der Waals surface area contributed by atoms with Gasteiger partial charge in [0.1, 0.15) is 5.82 Å². The van der Waals surface area contributed by atoms with Gasteiger partial charge in [0.05, 0.1) is 27.2 Å². The van der Waals surface area contributed by atoms with Crippen molar-refractivity contribution in [2.24, 2.45) is 0 Å². The molecule has 1 aromatic rings. The molecule has 0 heterocycles. The number of carbonyl (C=O) groups is 1. The fourth-order valence-corrected chi connectivity index (χ4v) is 1.41. The van der Waals surface area contributed by atoms with Gasteiger partial charge >= 0.3 is 0 Å². The van der Waals surface area contributed by atoms with E-state index in [-0.39, 0.29) is 11.7 Å². The molecule has 0 aliphatic carbocycles. The molecule has 0 saturated carbocycles. The van der Waals surface area contributed by atoms with Crippen LogP contribution in [0.5, 0.6) is 0 Å². The topological polar surface area (TPSA) is 57.6 Å². The summed E-state index contributed by atoms with van der Waals surface area (Å²) in [5, 5.41) is 3.30. The number of nitrogens with one attached hydrogen (secondary N) is 4. The molecule has 1 rings (SSSR count). The largest absolute Gasteiger partial charge is 0.356 e. The van der Waals surface area contributed by atoms with Crippen LogP contribution in [0.3, 0.4) is 0 Å². The summed E-state index contributed by atoms with van der Waals surface area (Å²) in [5.41, 5.74) is 5.38. The van der Waals surface area contributed by atoms with E-state index in [1.54, 1.807) is 0 Å². The molecule has 4 N–H and O–H groups in total. The van der Waals surface area contributed by atoms with Gasteiger partial charge in [-0.3, -0.25) is 15.6 Å². The maximum Gasteiger partial charge on any atom is 0.269 e. The Morgan fingerprint density at radius 3 is 2.47 bits per heavy atom. The average molecular weight is 285 g/mol. The van der Waals surface area contributed by atoms with Crippen LogP contribution in [0.15, 0.2) is 24.3 Å². The highest BCUT2D eigenvalue weighted by Crippen LogP contribution is 2.01. The van der Waals surface area contributed by atoms with Crippen molar-refractivity contribution in [1.29, 1.82) is 0 Å². The summed E-state index contributed by atoms with van der Waals surface area (Å²) in [7, 11) is 4.07. The zero-order valence-electron chi connectivity index (χ0n) is 10.9. The van der Waals surface area contributed by atoms with Gasteiger partial charge in [0.15, 0.2) is 5.11 Å². The Balaban J connectivity index is 2.30. The molecule has 0 unspecified atom stereocenters. The normalized spacial score (nSPS) is 10.1. The molecule has 1 aromatic carbocycles. The minimum atomic E-state index is -0.382. The average Bonchev–Trinajstić information content (AvgIpc) is 2.36. The Hall–Kier alpha value is -1.73. The summed E-state index contributed by atoms with van der Waals surface area (Å²) in [4.78, 5) is 13.0. The van der Waals surface area contributed by atoms with Gasteiger partial charge in [0.2, 0.25) is 0 Å². The number of rotatable bonds is 4. The van der Waals surface area contributed by atoms with Crippen LogP contribution in [-0.4, -0.2) is 38.2 Å². The molecular formula is C12H18FN4OS+. The maximum absolute atomic E-state index is 12.7. The van der Waals surface area contributed by atoms with E-state index in [0.29, 0.717) is 17.2 Å². The van der Waals surface area contributed by atoms with Crippen molar-refractivity contribution < 1.29 is 14.1 Å². The van der Waals surface area contributed by atoms with E-state index >= 15 is 0 Å². The van der Waals surface area contributed by atoms with E-state index in [9.17, 15) is 9.18 Å². The van der Waals surface area contributed by atoms with E-state index in [0.717, 1.165) is 6.54 Å². The molecule has 0 saturated heterocycles. The van der Waals surface area contributed by atoms with Gasteiger partial charge in [-0.1, -0.05) is 0 Å². The number of thiocarbonyl (C=S) groups is 1. The molecule has 7 heteroatoms.